The summed E-state index contributed by atoms with van der Waals surface area (Å²) in [7, 11) is -4.29. The van der Waals surface area contributed by atoms with Gasteiger partial charge in [0.15, 0.2) is 0 Å². The quantitative estimate of drug-likeness (QED) is 0.610. The molecule has 0 aliphatic carbocycles. The van der Waals surface area contributed by atoms with Crippen LogP contribution in [0, 0.1) is 0 Å². The molecule has 80 valence electrons. The maximum Gasteiger partial charge on any atom is 0.294 e. The zero-order chi connectivity index (χ0) is 10.2. The van der Waals surface area contributed by atoms with E-state index in [0.29, 0.717) is 0 Å². The van der Waals surface area contributed by atoms with Crippen molar-refractivity contribution < 1.29 is 13.0 Å². The van der Waals surface area contributed by atoms with E-state index < -0.39 is 10.1 Å². The minimum absolute atomic E-state index is 0. The minimum atomic E-state index is -4.29. The standard InChI is InChI=1S/C6H5Cl2NO3S.ClH/c7-4-1-3(13(10,11)12)2-5(8)6(4)9;/h1-2H,9H2,(H,10,11,12);1H. The summed E-state index contributed by atoms with van der Waals surface area (Å²) in [5.41, 5.74) is 5.43. The van der Waals surface area contributed by atoms with Crippen LogP contribution in [0.2, 0.25) is 10.0 Å². The molecule has 14 heavy (non-hydrogen) atoms. The molecule has 0 aliphatic rings. The lowest BCUT2D eigenvalue weighted by Crippen LogP contribution is -1.99. The van der Waals surface area contributed by atoms with Gasteiger partial charge in [0.2, 0.25) is 0 Å². The van der Waals surface area contributed by atoms with Crippen LogP contribution in [-0.2, 0) is 10.1 Å². The maximum absolute atomic E-state index is 10.6. The molecule has 0 atom stereocenters. The second kappa shape index (κ2) is 4.55. The number of hydrogen-bond donors (Lipinski definition) is 2. The molecule has 1 aromatic carbocycles. The third-order valence-electron chi connectivity index (χ3n) is 1.35. The first-order chi connectivity index (χ1) is 5.82. The van der Waals surface area contributed by atoms with Gasteiger partial charge in [0.25, 0.3) is 10.1 Å². The number of nitrogens with two attached hydrogens (primary N) is 1. The lowest BCUT2D eigenvalue weighted by molar-refractivity contribution is 0.483. The highest BCUT2D eigenvalue weighted by atomic mass is 35.5. The number of nitrogen functional groups attached to an aromatic ring is 1. The molecule has 0 aromatic heterocycles. The molecule has 0 aliphatic heterocycles. The van der Waals surface area contributed by atoms with E-state index in [1.54, 1.807) is 0 Å². The van der Waals surface area contributed by atoms with Crippen molar-refractivity contribution in [1.82, 2.24) is 0 Å². The van der Waals surface area contributed by atoms with Crippen molar-refractivity contribution in [3.05, 3.63) is 22.2 Å². The van der Waals surface area contributed by atoms with Gasteiger partial charge in [-0.2, -0.15) is 8.42 Å². The highest BCUT2D eigenvalue weighted by Gasteiger charge is 2.13. The van der Waals surface area contributed by atoms with E-state index in [0.717, 1.165) is 12.1 Å². The van der Waals surface area contributed by atoms with Crippen LogP contribution in [-0.4, -0.2) is 13.0 Å². The Balaban J connectivity index is 0.00000169. The zero-order valence-electron chi connectivity index (χ0n) is 6.57. The van der Waals surface area contributed by atoms with Gasteiger partial charge >= 0.3 is 0 Å². The molecule has 1 rings (SSSR count). The minimum Gasteiger partial charge on any atom is -0.396 e. The monoisotopic (exact) mass is 277 g/mol. The fourth-order valence-corrected chi connectivity index (χ4v) is 1.86. The second-order valence-electron chi connectivity index (χ2n) is 2.28. The van der Waals surface area contributed by atoms with Crippen molar-refractivity contribution >= 4 is 51.4 Å². The molecular weight excluding hydrogens is 272 g/mol. The molecule has 0 unspecified atom stereocenters. The topological polar surface area (TPSA) is 80.4 Å². The Morgan fingerprint density at radius 3 is 1.86 bits per heavy atom. The first-order valence-corrected chi connectivity index (χ1v) is 5.24. The van der Waals surface area contributed by atoms with E-state index in [4.69, 9.17) is 33.5 Å². The van der Waals surface area contributed by atoms with E-state index in [9.17, 15) is 8.42 Å². The summed E-state index contributed by atoms with van der Waals surface area (Å²) in [5.74, 6) is 0. The van der Waals surface area contributed by atoms with Crippen molar-refractivity contribution in [1.29, 1.82) is 0 Å². The first-order valence-electron chi connectivity index (χ1n) is 3.04. The molecule has 0 amide bonds. The van der Waals surface area contributed by atoms with Gasteiger partial charge in [0.1, 0.15) is 0 Å². The number of hydrogen-bond acceptors (Lipinski definition) is 3. The van der Waals surface area contributed by atoms with Crippen molar-refractivity contribution in [3.63, 3.8) is 0 Å². The summed E-state index contributed by atoms with van der Waals surface area (Å²) >= 11 is 11.1. The molecule has 8 heteroatoms. The first kappa shape index (κ1) is 13.8. The smallest absolute Gasteiger partial charge is 0.294 e. The van der Waals surface area contributed by atoms with Crippen molar-refractivity contribution in [2.45, 2.75) is 4.90 Å². The van der Waals surface area contributed by atoms with Crippen molar-refractivity contribution in [2.75, 3.05) is 5.73 Å². The summed E-state index contributed by atoms with van der Waals surface area (Å²) < 4.78 is 29.9. The highest BCUT2D eigenvalue weighted by Crippen LogP contribution is 2.30. The molecule has 4 nitrogen and oxygen atoms in total. The SMILES string of the molecule is Cl.Nc1c(Cl)cc(S(=O)(=O)O)cc1Cl. The zero-order valence-corrected chi connectivity index (χ0v) is 9.71. The summed E-state index contributed by atoms with van der Waals surface area (Å²) in [5, 5.41) is -0.0275. The Morgan fingerprint density at radius 1 is 1.21 bits per heavy atom. The van der Waals surface area contributed by atoms with Crippen LogP contribution >= 0.6 is 35.6 Å². The van der Waals surface area contributed by atoms with Crippen LogP contribution in [0.5, 0.6) is 0 Å². The molecule has 0 bridgehead atoms. The highest BCUT2D eigenvalue weighted by molar-refractivity contribution is 7.85. The Bertz CT molecular complexity index is 423. The third kappa shape index (κ3) is 2.90. The summed E-state index contributed by atoms with van der Waals surface area (Å²) in [4.78, 5) is -0.378. The summed E-state index contributed by atoms with van der Waals surface area (Å²) in [6.07, 6.45) is 0. The van der Waals surface area contributed by atoms with E-state index in [2.05, 4.69) is 0 Å². The molecule has 0 spiro atoms. The molecule has 0 saturated heterocycles. The predicted octanol–water partition coefficient (Wildman–Crippen LogP) is 2.24. The number of benzene rings is 1. The lowest BCUT2D eigenvalue weighted by Gasteiger charge is -2.03. The van der Waals surface area contributed by atoms with Crippen LogP contribution < -0.4 is 5.73 Å². The van der Waals surface area contributed by atoms with E-state index in [1.165, 1.54) is 0 Å². The fraction of sp³-hybridized carbons (Fsp3) is 0. The van der Waals surface area contributed by atoms with Crippen LogP contribution in [0.1, 0.15) is 0 Å². The van der Waals surface area contributed by atoms with Gasteiger partial charge in [0.05, 0.1) is 20.6 Å². The normalized spacial score (nSPS) is 10.8. The molecule has 0 radical (unpaired) electrons. The van der Waals surface area contributed by atoms with Gasteiger partial charge in [-0.05, 0) is 12.1 Å². The number of halogens is 3. The largest absolute Gasteiger partial charge is 0.396 e. The second-order valence-corrected chi connectivity index (χ2v) is 4.51. The maximum atomic E-state index is 10.6. The predicted molar refractivity (Wildman–Crippen MR) is 57.9 cm³/mol. The number of rotatable bonds is 1. The Labute approximate surface area is 97.2 Å². The van der Waals surface area contributed by atoms with Crippen molar-refractivity contribution in [3.8, 4) is 0 Å². The molecule has 0 heterocycles. The van der Waals surface area contributed by atoms with E-state index in [-0.39, 0.29) is 33.0 Å². The molecule has 0 fully saturated rings. The molecule has 1 aromatic rings. The summed E-state index contributed by atoms with van der Waals surface area (Å²) in [6, 6.07) is 2.05. The van der Waals surface area contributed by atoms with Crippen LogP contribution in [0.3, 0.4) is 0 Å². The summed E-state index contributed by atoms with van der Waals surface area (Å²) in [6.45, 7) is 0. The van der Waals surface area contributed by atoms with Crippen LogP contribution in [0.4, 0.5) is 5.69 Å². The lowest BCUT2D eigenvalue weighted by atomic mass is 10.3. The average molecular weight is 279 g/mol. The van der Waals surface area contributed by atoms with Crippen LogP contribution in [0.25, 0.3) is 0 Å². The molecule has 3 N–H and O–H groups in total. The van der Waals surface area contributed by atoms with E-state index in [1.807, 2.05) is 0 Å². The van der Waals surface area contributed by atoms with Gasteiger partial charge in [-0.15, -0.1) is 12.4 Å². The third-order valence-corrected chi connectivity index (χ3v) is 2.81. The fourth-order valence-electron chi connectivity index (χ4n) is 0.710. The Kier molecular flexibility index (Phi) is 4.48. The molecular formula is C6H6Cl3NO3S. The van der Waals surface area contributed by atoms with Gasteiger partial charge in [-0.1, -0.05) is 23.2 Å². The number of anilines is 1. The van der Waals surface area contributed by atoms with Gasteiger partial charge in [-0.3, -0.25) is 4.55 Å². The molecule has 0 saturated carbocycles. The van der Waals surface area contributed by atoms with Gasteiger partial charge < -0.3 is 5.73 Å². The van der Waals surface area contributed by atoms with Gasteiger partial charge in [0, 0.05) is 0 Å². The van der Waals surface area contributed by atoms with E-state index >= 15 is 0 Å². The Hall–Kier alpha value is -0.200. The van der Waals surface area contributed by atoms with Crippen molar-refractivity contribution in [2.24, 2.45) is 0 Å². The average Bonchev–Trinajstić information content (AvgIpc) is 1.97. The Morgan fingerprint density at radius 2 is 1.57 bits per heavy atom. The van der Waals surface area contributed by atoms with Gasteiger partial charge in [-0.25, -0.2) is 0 Å². The van der Waals surface area contributed by atoms with Crippen LogP contribution in [0.15, 0.2) is 17.0 Å².